The van der Waals surface area contributed by atoms with Gasteiger partial charge in [-0.3, -0.25) is 4.79 Å². The number of fused-ring (bicyclic) bond motifs is 1. The average molecular weight is 357 g/mol. The van der Waals surface area contributed by atoms with Gasteiger partial charge in [0.05, 0.1) is 12.3 Å². The molecule has 116 valence electrons. The molecule has 1 aromatic rings. The molecule has 5 nitrogen and oxygen atoms in total. The predicted molar refractivity (Wildman–Crippen MR) is 86.7 cm³/mol. The van der Waals surface area contributed by atoms with Gasteiger partial charge in [0.2, 0.25) is 0 Å². The van der Waals surface area contributed by atoms with Gasteiger partial charge in [-0.2, -0.15) is 0 Å². The molecule has 0 bridgehead atoms. The lowest BCUT2D eigenvalue weighted by Crippen LogP contribution is -2.31. The number of anilines is 2. The van der Waals surface area contributed by atoms with Crippen LogP contribution in [0.1, 0.15) is 25.5 Å². The molecule has 0 spiro atoms. The van der Waals surface area contributed by atoms with E-state index in [1.807, 2.05) is 12.1 Å². The lowest BCUT2D eigenvalue weighted by Gasteiger charge is -2.28. The van der Waals surface area contributed by atoms with Crippen LogP contribution in [0.5, 0.6) is 0 Å². The van der Waals surface area contributed by atoms with Crippen molar-refractivity contribution in [1.82, 2.24) is 0 Å². The van der Waals surface area contributed by atoms with E-state index in [0.29, 0.717) is 23.8 Å². The molecule has 0 saturated carbocycles. The minimum Gasteiger partial charge on any atom is -0.383 e. The summed E-state index contributed by atoms with van der Waals surface area (Å²) in [6.07, 6.45) is -1.08. The Balaban J connectivity index is 2.33. The number of hydrogen-bond acceptors (Lipinski definition) is 4. The second kappa shape index (κ2) is 6.77. The lowest BCUT2D eigenvalue weighted by molar-refractivity contribution is -0.123. The van der Waals surface area contributed by atoms with E-state index in [2.05, 4.69) is 40.0 Å². The zero-order valence-electron chi connectivity index (χ0n) is 12.5. The Hall–Kier alpha value is -1.11. The van der Waals surface area contributed by atoms with Crippen molar-refractivity contribution in [2.24, 2.45) is 5.92 Å². The molecule has 1 atom stereocenters. The number of rotatable bonds is 6. The fourth-order valence-corrected chi connectivity index (χ4v) is 3.06. The molecular formula is C15H21BrN2O3. The van der Waals surface area contributed by atoms with Crippen LogP contribution in [0, 0.1) is 5.92 Å². The molecule has 0 aliphatic carbocycles. The number of ether oxygens (including phenoxy) is 1. The molecule has 1 heterocycles. The third-order valence-electron chi connectivity index (χ3n) is 3.41. The third kappa shape index (κ3) is 3.56. The van der Waals surface area contributed by atoms with E-state index >= 15 is 0 Å². The van der Waals surface area contributed by atoms with Crippen LogP contribution in [0.4, 0.5) is 11.4 Å². The Morgan fingerprint density at radius 2 is 2.19 bits per heavy atom. The summed E-state index contributed by atoms with van der Waals surface area (Å²) in [6.45, 7) is 6.60. The van der Waals surface area contributed by atoms with Gasteiger partial charge in [-0.05, 0) is 34.0 Å². The van der Waals surface area contributed by atoms with Crippen LogP contribution in [0.3, 0.4) is 0 Å². The zero-order chi connectivity index (χ0) is 15.6. The average Bonchev–Trinajstić information content (AvgIpc) is 2.69. The summed E-state index contributed by atoms with van der Waals surface area (Å²) in [5, 5.41) is 12.5. The number of carbonyl (C=O) groups excluding carboxylic acids is 1. The first-order chi connectivity index (χ1) is 9.93. The van der Waals surface area contributed by atoms with Crippen molar-refractivity contribution in [3.63, 3.8) is 0 Å². The van der Waals surface area contributed by atoms with Gasteiger partial charge >= 0.3 is 0 Å². The first kappa shape index (κ1) is 16.3. The Bertz CT molecular complexity index is 534. The number of nitrogens with zero attached hydrogens (tertiary/aromatic N) is 1. The number of aliphatic hydroxyl groups is 1. The quantitative estimate of drug-likeness (QED) is 0.822. The molecular weight excluding hydrogens is 336 g/mol. The van der Waals surface area contributed by atoms with Crippen molar-refractivity contribution in [3.05, 3.63) is 22.2 Å². The maximum Gasteiger partial charge on any atom is 0.257 e. The largest absolute Gasteiger partial charge is 0.383 e. The molecule has 1 aliphatic heterocycles. The van der Waals surface area contributed by atoms with Crippen LogP contribution in [-0.2, 0) is 9.53 Å². The predicted octanol–water partition coefficient (Wildman–Crippen LogP) is 2.54. The second-order valence-electron chi connectivity index (χ2n) is 5.62. The van der Waals surface area contributed by atoms with Crippen LogP contribution in [0.2, 0.25) is 0 Å². The number of amides is 1. The van der Waals surface area contributed by atoms with Crippen molar-refractivity contribution in [1.29, 1.82) is 0 Å². The molecule has 1 aromatic carbocycles. The standard InChI is InChI=1S/C15H21BrN2O3/c1-9(2)8-18(4-5-21-3)13-7-12-10(6-11(13)16)14(19)15(20)17-12/h6-7,9,14,19H,4-5,8H2,1-3H3,(H,17,20). The fourth-order valence-electron chi connectivity index (χ4n) is 2.45. The molecule has 0 aromatic heterocycles. The van der Waals surface area contributed by atoms with Crippen molar-refractivity contribution in [2.45, 2.75) is 20.0 Å². The van der Waals surface area contributed by atoms with Gasteiger partial charge in [0.25, 0.3) is 5.91 Å². The summed E-state index contributed by atoms with van der Waals surface area (Å²) >= 11 is 3.55. The van der Waals surface area contributed by atoms with Crippen molar-refractivity contribution < 1.29 is 14.6 Å². The Kier molecular flexibility index (Phi) is 5.24. The number of nitrogens with one attached hydrogen (secondary N) is 1. The number of methoxy groups -OCH3 is 1. The molecule has 0 fully saturated rings. The van der Waals surface area contributed by atoms with E-state index in [0.717, 1.165) is 23.2 Å². The maximum absolute atomic E-state index is 11.6. The topological polar surface area (TPSA) is 61.8 Å². The SMILES string of the molecule is COCCN(CC(C)C)c1cc2c(cc1Br)C(O)C(=O)N2. The molecule has 0 radical (unpaired) electrons. The van der Waals surface area contributed by atoms with Gasteiger partial charge in [0, 0.05) is 35.9 Å². The molecule has 1 unspecified atom stereocenters. The van der Waals surface area contributed by atoms with Gasteiger partial charge in [-0.1, -0.05) is 13.8 Å². The monoisotopic (exact) mass is 356 g/mol. The number of carbonyl (C=O) groups is 1. The maximum atomic E-state index is 11.6. The van der Waals surface area contributed by atoms with Gasteiger partial charge in [-0.25, -0.2) is 0 Å². The van der Waals surface area contributed by atoms with E-state index in [4.69, 9.17) is 4.74 Å². The van der Waals surface area contributed by atoms with Gasteiger partial charge in [0.1, 0.15) is 0 Å². The summed E-state index contributed by atoms with van der Waals surface area (Å²) in [7, 11) is 1.68. The highest BCUT2D eigenvalue weighted by Crippen LogP contribution is 2.39. The van der Waals surface area contributed by atoms with Gasteiger partial charge < -0.3 is 20.1 Å². The van der Waals surface area contributed by atoms with Crippen LogP contribution in [-0.4, -0.2) is 37.8 Å². The molecule has 21 heavy (non-hydrogen) atoms. The summed E-state index contributed by atoms with van der Waals surface area (Å²) in [5.74, 6) is 0.128. The van der Waals surface area contributed by atoms with Gasteiger partial charge in [0.15, 0.2) is 6.10 Å². The van der Waals surface area contributed by atoms with Gasteiger partial charge in [-0.15, -0.1) is 0 Å². The minimum absolute atomic E-state index is 0.374. The number of benzene rings is 1. The number of aliphatic hydroxyl groups excluding tert-OH is 1. The first-order valence-corrected chi connectivity index (χ1v) is 7.79. The minimum atomic E-state index is -1.08. The number of halogens is 1. The highest BCUT2D eigenvalue weighted by molar-refractivity contribution is 9.10. The molecule has 6 heteroatoms. The van der Waals surface area contributed by atoms with E-state index in [1.165, 1.54) is 0 Å². The van der Waals surface area contributed by atoms with Crippen molar-refractivity contribution in [3.8, 4) is 0 Å². The Morgan fingerprint density at radius 1 is 1.48 bits per heavy atom. The van der Waals surface area contributed by atoms with Crippen LogP contribution in [0.15, 0.2) is 16.6 Å². The molecule has 0 saturated heterocycles. The summed E-state index contributed by atoms with van der Waals surface area (Å²) in [4.78, 5) is 13.8. The normalized spacial score (nSPS) is 17.0. The molecule has 1 aliphatic rings. The lowest BCUT2D eigenvalue weighted by atomic mass is 10.1. The van der Waals surface area contributed by atoms with E-state index in [9.17, 15) is 9.90 Å². The highest BCUT2D eigenvalue weighted by Gasteiger charge is 2.30. The first-order valence-electron chi connectivity index (χ1n) is 7.00. The smallest absolute Gasteiger partial charge is 0.257 e. The summed E-state index contributed by atoms with van der Waals surface area (Å²) < 4.78 is 6.04. The Labute approximate surface area is 133 Å². The third-order valence-corrected chi connectivity index (χ3v) is 4.05. The highest BCUT2D eigenvalue weighted by atomic mass is 79.9. The fraction of sp³-hybridized carbons (Fsp3) is 0.533. The van der Waals surface area contributed by atoms with E-state index in [1.54, 1.807) is 7.11 Å². The molecule has 2 rings (SSSR count). The second-order valence-corrected chi connectivity index (χ2v) is 6.47. The zero-order valence-corrected chi connectivity index (χ0v) is 14.1. The van der Waals surface area contributed by atoms with Crippen LogP contribution >= 0.6 is 15.9 Å². The van der Waals surface area contributed by atoms with E-state index < -0.39 is 6.10 Å². The van der Waals surface area contributed by atoms with E-state index in [-0.39, 0.29) is 5.91 Å². The van der Waals surface area contributed by atoms with Crippen molar-refractivity contribution in [2.75, 3.05) is 37.0 Å². The summed E-state index contributed by atoms with van der Waals surface area (Å²) in [5.41, 5.74) is 2.29. The van der Waals surface area contributed by atoms with Crippen LogP contribution in [0.25, 0.3) is 0 Å². The molecule has 2 N–H and O–H groups in total. The molecule has 1 amide bonds. The summed E-state index contributed by atoms with van der Waals surface area (Å²) in [6, 6.07) is 3.72. The van der Waals surface area contributed by atoms with Crippen molar-refractivity contribution >= 4 is 33.2 Å². The Morgan fingerprint density at radius 3 is 2.81 bits per heavy atom. The van der Waals surface area contributed by atoms with Crippen LogP contribution < -0.4 is 10.2 Å². The number of hydrogen-bond donors (Lipinski definition) is 2.